The third kappa shape index (κ3) is 3.58. The van der Waals surface area contributed by atoms with Crippen molar-refractivity contribution in [3.8, 4) is 0 Å². The van der Waals surface area contributed by atoms with E-state index in [1.807, 2.05) is 19.9 Å². The zero-order chi connectivity index (χ0) is 18.8. The number of carbonyl (C=O) groups excluding carboxylic acids is 2. The summed E-state index contributed by atoms with van der Waals surface area (Å²) >= 11 is 0. The smallest absolute Gasteiger partial charge is 0.256 e. The summed E-state index contributed by atoms with van der Waals surface area (Å²) in [7, 11) is 1.80. The molecule has 0 fully saturated rings. The molecule has 0 radical (unpaired) electrons. The Morgan fingerprint density at radius 3 is 2.81 bits per heavy atom. The molecule has 4 N–H and O–H groups in total. The molecule has 8 heteroatoms. The lowest BCUT2D eigenvalue weighted by molar-refractivity contribution is 0.0780. The summed E-state index contributed by atoms with van der Waals surface area (Å²) in [6.45, 7) is 4.42. The van der Waals surface area contributed by atoms with Crippen LogP contribution in [-0.2, 0) is 6.42 Å². The Morgan fingerprint density at radius 1 is 1.35 bits per heavy atom. The van der Waals surface area contributed by atoms with Crippen LogP contribution in [0.2, 0.25) is 0 Å². The van der Waals surface area contributed by atoms with Crippen LogP contribution in [0, 0.1) is 0 Å². The molecule has 3 rings (SSSR count). The maximum atomic E-state index is 12.1. The molecule has 1 aromatic carbocycles. The summed E-state index contributed by atoms with van der Waals surface area (Å²) in [6, 6.07) is 5.51. The molecule has 8 nitrogen and oxygen atoms in total. The molecular weight excluding hydrogens is 332 g/mol. The number of amides is 2. The van der Waals surface area contributed by atoms with Crippen LogP contribution in [0.1, 0.15) is 40.1 Å². The number of fused-ring (bicyclic) bond motifs is 1. The molecule has 1 aromatic heterocycles. The van der Waals surface area contributed by atoms with Crippen LogP contribution in [0.25, 0.3) is 0 Å². The van der Waals surface area contributed by atoms with Crippen molar-refractivity contribution < 1.29 is 9.59 Å². The highest BCUT2D eigenvalue weighted by Crippen LogP contribution is 2.23. The maximum Gasteiger partial charge on any atom is 0.256 e. The topological polar surface area (TPSA) is 113 Å². The first-order valence-corrected chi connectivity index (χ1v) is 8.44. The molecule has 0 spiro atoms. The quantitative estimate of drug-likeness (QED) is 0.768. The van der Waals surface area contributed by atoms with E-state index in [1.54, 1.807) is 24.1 Å². The highest BCUT2D eigenvalue weighted by Gasteiger charge is 2.21. The van der Waals surface area contributed by atoms with Crippen LogP contribution in [0.4, 0.5) is 17.5 Å². The minimum atomic E-state index is -0.305. The van der Waals surface area contributed by atoms with E-state index in [4.69, 9.17) is 5.73 Å². The second-order valence-electron chi connectivity index (χ2n) is 6.59. The molecule has 2 amide bonds. The van der Waals surface area contributed by atoms with Crippen LogP contribution >= 0.6 is 0 Å². The predicted octanol–water partition coefficient (Wildman–Crippen LogP) is 1.57. The van der Waals surface area contributed by atoms with Crippen LogP contribution in [0.15, 0.2) is 24.4 Å². The van der Waals surface area contributed by atoms with E-state index < -0.39 is 0 Å². The van der Waals surface area contributed by atoms with E-state index in [9.17, 15) is 9.59 Å². The van der Waals surface area contributed by atoms with Gasteiger partial charge in [0, 0.05) is 37.1 Å². The van der Waals surface area contributed by atoms with E-state index in [0.717, 1.165) is 17.7 Å². The fraction of sp³-hybridized carbons (Fsp3) is 0.333. The van der Waals surface area contributed by atoms with E-state index in [0.29, 0.717) is 18.1 Å². The number of anilines is 3. The van der Waals surface area contributed by atoms with E-state index in [1.165, 1.54) is 6.20 Å². The minimum Gasteiger partial charge on any atom is -0.383 e. The minimum absolute atomic E-state index is 0.00282. The van der Waals surface area contributed by atoms with Crippen molar-refractivity contribution in [1.82, 2.24) is 20.2 Å². The van der Waals surface area contributed by atoms with Crippen molar-refractivity contribution in [2.45, 2.75) is 26.3 Å². The molecule has 1 aliphatic rings. The fourth-order valence-corrected chi connectivity index (χ4v) is 2.78. The number of likely N-dealkylation sites (N-methyl/N-ethyl adjacent to an activating group) is 1. The monoisotopic (exact) mass is 354 g/mol. The number of benzene rings is 1. The number of hydrogen-bond donors (Lipinski definition) is 3. The van der Waals surface area contributed by atoms with Crippen molar-refractivity contribution in [2.24, 2.45) is 0 Å². The highest BCUT2D eigenvalue weighted by molar-refractivity contribution is 5.98. The van der Waals surface area contributed by atoms with Gasteiger partial charge in [0.2, 0.25) is 5.95 Å². The Morgan fingerprint density at radius 2 is 2.12 bits per heavy atom. The second kappa shape index (κ2) is 6.99. The fourth-order valence-electron chi connectivity index (χ4n) is 2.78. The molecule has 2 heterocycles. The molecule has 0 unspecified atom stereocenters. The van der Waals surface area contributed by atoms with Crippen LogP contribution in [0.5, 0.6) is 0 Å². The van der Waals surface area contributed by atoms with Crippen molar-refractivity contribution in [1.29, 1.82) is 0 Å². The van der Waals surface area contributed by atoms with Crippen LogP contribution in [-0.4, -0.2) is 46.3 Å². The summed E-state index contributed by atoms with van der Waals surface area (Å²) in [5.74, 6) is 0.123. The summed E-state index contributed by atoms with van der Waals surface area (Å²) in [4.78, 5) is 34.2. The number of nitrogens with zero attached hydrogens (tertiary/aromatic N) is 3. The van der Waals surface area contributed by atoms with Crippen molar-refractivity contribution in [2.75, 3.05) is 24.6 Å². The number of nitrogens with one attached hydrogen (secondary N) is 2. The molecule has 0 saturated carbocycles. The molecule has 0 bridgehead atoms. The number of hydrogen-bond acceptors (Lipinski definition) is 6. The predicted molar refractivity (Wildman–Crippen MR) is 99.4 cm³/mol. The first-order valence-electron chi connectivity index (χ1n) is 8.44. The summed E-state index contributed by atoms with van der Waals surface area (Å²) in [5, 5.41) is 5.82. The number of carbonyl (C=O) groups is 2. The SMILES string of the molecule is CC(C)NC(=O)c1cnc(Nc2ccc3c(c2)CCN(C)C3=O)nc1N. The third-order valence-electron chi connectivity index (χ3n) is 4.14. The van der Waals surface area contributed by atoms with Crippen molar-refractivity contribution in [3.05, 3.63) is 41.1 Å². The van der Waals surface area contributed by atoms with Gasteiger partial charge in [-0.2, -0.15) is 4.98 Å². The first-order chi connectivity index (χ1) is 12.3. The zero-order valence-corrected chi connectivity index (χ0v) is 15.0. The second-order valence-corrected chi connectivity index (χ2v) is 6.59. The standard InChI is InChI=1S/C18H22N6O2/c1-10(2)21-16(25)14-9-20-18(23-15(14)19)22-12-4-5-13-11(8-12)6-7-24(3)17(13)26/h4-5,8-10H,6-7H2,1-3H3,(H,21,25)(H3,19,20,22,23). The highest BCUT2D eigenvalue weighted by atomic mass is 16.2. The Hall–Kier alpha value is -3.16. The lowest BCUT2D eigenvalue weighted by Crippen LogP contribution is -2.34. The Kier molecular flexibility index (Phi) is 4.75. The van der Waals surface area contributed by atoms with Gasteiger partial charge in [-0.05, 0) is 44.0 Å². The number of rotatable bonds is 4. The molecule has 2 aromatic rings. The molecule has 0 aliphatic carbocycles. The van der Waals surface area contributed by atoms with Gasteiger partial charge in [0.1, 0.15) is 5.82 Å². The maximum absolute atomic E-state index is 12.1. The van der Waals surface area contributed by atoms with Gasteiger partial charge in [0.05, 0.1) is 5.56 Å². The molecule has 136 valence electrons. The first kappa shape index (κ1) is 17.7. The van der Waals surface area contributed by atoms with Gasteiger partial charge in [-0.1, -0.05) is 0 Å². The van der Waals surface area contributed by atoms with Crippen LogP contribution < -0.4 is 16.4 Å². The molecule has 1 aliphatic heterocycles. The van der Waals surface area contributed by atoms with Gasteiger partial charge in [-0.3, -0.25) is 9.59 Å². The van der Waals surface area contributed by atoms with Gasteiger partial charge in [-0.25, -0.2) is 4.98 Å². The van der Waals surface area contributed by atoms with Gasteiger partial charge in [0.25, 0.3) is 11.8 Å². The van der Waals surface area contributed by atoms with E-state index >= 15 is 0 Å². The lowest BCUT2D eigenvalue weighted by atomic mass is 9.99. The summed E-state index contributed by atoms with van der Waals surface area (Å²) in [6.07, 6.45) is 2.20. The zero-order valence-electron chi connectivity index (χ0n) is 15.0. The number of aromatic nitrogens is 2. The number of nitrogens with two attached hydrogens (primary N) is 1. The van der Waals surface area contributed by atoms with Gasteiger partial charge in [-0.15, -0.1) is 0 Å². The number of nitrogen functional groups attached to an aromatic ring is 1. The average molecular weight is 354 g/mol. The lowest BCUT2D eigenvalue weighted by Gasteiger charge is -2.25. The summed E-state index contributed by atoms with van der Waals surface area (Å²) < 4.78 is 0. The van der Waals surface area contributed by atoms with Crippen LogP contribution in [0.3, 0.4) is 0 Å². The summed E-state index contributed by atoms with van der Waals surface area (Å²) in [5.41, 5.74) is 8.60. The molecule has 26 heavy (non-hydrogen) atoms. The third-order valence-corrected chi connectivity index (χ3v) is 4.14. The largest absolute Gasteiger partial charge is 0.383 e. The Balaban J connectivity index is 1.78. The van der Waals surface area contributed by atoms with Crippen molar-refractivity contribution in [3.63, 3.8) is 0 Å². The van der Waals surface area contributed by atoms with Gasteiger partial charge < -0.3 is 21.3 Å². The van der Waals surface area contributed by atoms with Crippen molar-refractivity contribution >= 4 is 29.3 Å². The van der Waals surface area contributed by atoms with Gasteiger partial charge in [0.15, 0.2) is 0 Å². The average Bonchev–Trinajstić information content (AvgIpc) is 2.57. The normalized spacial score (nSPS) is 13.5. The van der Waals surface area contributed by atoms with Gasteiger partial charge >= 0.3 is 0 Å². The van der Waals surface area contributed by atoms with E-state index in [-0.39, 0.29) is 29.2 Å². The molecule has 0 atom stereocenters. The Bertz CT molecular complexity index is 865. The molecular formula is C18H22N6O2. The van der Waals surface area contributed by atoms with E-state index in [2.05, 4.69) is 20.6 Å². The molecule has 0 saturated heterocycles. The Labute approximate surface area is 151 Å².